The fourth-order valence-electron chi connectivity index (χ4n) is 2.70. The van der Waals surface area contributed by atoms with Crippen LogP contribution in [-0.4, -0.2) is 41.7 Å². The first-order valence-corrected chi connectivity index (χ1v) is 5.28. The summed E-state index contributed by atoms with van der Waals surface area (Å²) in [5.41, 5.74) is 0.566. The van der Waals surface area contributed by atoms with E-state index in [1.54, 1.807) is 13.4 Å². The van der Waals surface area contributed by atoms with Gasteiger partial charge in [0.1, 0.15) is 5.54 Å². The van der Waals surface area contributed by atoms with Gasteiger partial charge in [-0.3, -0.25) is 9.69 Å². The molecule has 0 radical (unpaired) electrons. The molecule has 0 aromatic rings. The highest BCUT2D eigenvalue weighted by molar-refractivity contribution is 5.79. The van der Waals surface area contributed by atoms with Crippen LogP contribution in [0.15, 0.2) is 11.8 Å². The second kappa shape index (κ2) is 3.52. The number of hydrogen-bond donors (Lipinski definition) is 1. The van der Waals surface area contributed by atoms with Gasteiger partial charge in [0.2, 0.25) is 0 Å². The molecule has 0 aromatic heterocycles. The summed E-state index contributed by atoms with van der Waals surface area (Å²) in [6.07, 6.45) is 3.54. The molecule has 0 aromatic carbocycles. The summed E-state index contributed by atoms with van der Waals surface area (Å²) in [5.74, 6) is -0.320. The van der Waals surface area contributed by atoms with E-state index in [0.29, 0.717) is 12.3 Å². The van der Waals surface area contributed by atoms with Crippen molar-refractivity contribution >= 4 is 5.97 Å². The van der Waals surface area contributed by atoms with Gasteiger partial charge in [-0.15, -0.1) is 0 Å². The third-order valence-corrected chi connectivity index (χ3v) is 3.72. The fraction of sp³-hybridized carbons (Fsp3) is 0.727. The highest BCUT2D eigenvalue weighted by Gasteiger charge is 2.49. The predicted molar refractivity (Wildman–Crippen MR) is 55.4 cm³/mol. The highest BCUT2D eigenvalue weighted by atomic mass is 16.5. The third-order valence-electron chi connectivity index (χ3n) is 3.72. The van der Waals surface area contributed by atoms with Gasteiger partial charge in [0, 0.05) is 13.1 Å². The molecule has 3 heterocycles. The Morgan fingerprint density at radius 2 is 2.47 bits per heavy atom. The quantitative estimate of drug-likeness (QED) is 0.694. The number of carbonyl (C=O) groups is 1. The summed E-state index contributed by atoms with van der Waals surface area (Å²) in [7, 11) is 1.64. The lowest BCUT2D eigenvalue weighted by Crippen LogP contribution is -2.61. The first kappa shape index (κ1) is 10.5. The molecule has 4 heteroatoms. The van der Waals surface area contributed by atoms with Crippen molar-refractivity contribution < 1.29 is 14.6 Å². The zero-order valence-electron chi connectivity index (χ0n) is 9.19. The van der Waals surface area contributed by atoms with Crippen LogP contribution in [0.4, 0.5) is 0 Å². The van der Waals surface area contributed by atoms with Crippen LogP contribution in [0.1, 0.15) is 19.8 Å². The van der Waals surface area contributed by atoms with E-state index in [2.05, 4.69) is 0 Å². The minimum Gasteiger partial charge on any atom is -0.504 e. The van der Waals surface area contributed by atoms with Crippen molar-refractivity contribution in [3.05, 3.63) is 11.8 Å². The number of carboxylic acids is 1. The van der Waals surface area contributed by atoms with Crippen molar-refractivity contribution in [1.82, 2.24) is 4.90 Å². The first-order chi connectivity index (χ1) is 7.08. The summed E-state index contributed by atoms with van der Waals surface area (Å²) < 4.78 is 5.03. The third kappa shape index (κ3) is 1.53. The molecule has 3 rings (SSSR count). The van der Waals surface area contributed by atoms with Crippen molar-refractivity contribution in [1.29, 1.82) is 0 Å². The second-order valence-electron chi connectivity index (χ2n) is 4.62. The number of methoxy groups -OCH3 is 1. The van der Waals surface area contributed by atoms with Gasteiger partial charge in [-0.25, -0.2) is 0 Å². The number of ether oxygens (including phenoxy) is 1. The minimum absolute atomic E-state index is 0.385. The van der Waals surface area contributed by atoms with E-state index in [4.69, 9.17) is 4.74 Å². The highest BCUT2D eigenvalue weighted by Crippen LogP contribution is 2.41. The molecule has 3 unspecified atom stereocenters. The summed E-state index contributed by atoms with van der Waals surface area (Å²) in [6, 6.07) is 0. The van der Waals surface area contributed by atoms with Gasteiger partial charge in [-0.1, -0.05) is 0 Å². The summed E-state index contributed by atoms with van der Waals surface area (Å²) in [5, 5.41) is 9.24. The Morgan fingerprint density at radius 1 is 1.73 bits per heavy atom. The summed E-state index contributed by atoms with van der Waals surface area (Å²) in [6.45, 7) is 3.45. The lowest BCUT2D eigenvalue weighted by atomic mass is 9.73. The van der Waals surface area contributed by atoms with Crippen LogP contribution < -0.4 is 0 Å². The van der Waals surface area contributed by atoms with Crippen LogP contribution in [0.25, 0.3) is 0 Å². The van der Waals surface area contributed by atoms with E-state index in [1.165, 1.54) is 5.57 Å². The molecule has 0 spiro atoms. The van der Waals surface area contributed by atoms with Gasteiger partial charge >= 0.3 is 5.97 Å². The molecule has 0 amide bonds. The maximum Gasteiger partial charge on any atom is 0.323 e. The molecule has 84 valence electrons. The van der Waals surface area contributed by atoms with Crippen LogP contribution in [0.3, 0.4) is 0 Å². The number of nitrogens with zero attached hydrogens (tertiary/aromatic N) is 1. The smallest absolute Gasteiger partial charge is 0.323 e. The molecule has 15 heavy (non-hydrogen) atoms. The van der Waals surface area contributed by atoms with Gasteiger partial charge in [-0.2, -0.15) is 0 Å². The SMILES string of the molecule is CO/C=C1/CN2CCC1CC2(C)C(=O)O. The van der Waals surface area contributed by atoms with E-state index in [1.807, 2.05) is 11.8 Å². The normalized spacial score (nSPS) is 41.9. The zero-order valence-corrected chi connectivity index (χ0v) is 9.19. The van der Waals surface area contributed by atoms with Crippen LogP contribution in [0.5, 0.6) is 0 Å². The van der Waals surface area contributed by atoms with E-state index in [0.717, 1.165) is 19.5 Å². The van der Waals surface area contributed by atoms with E-state index >= 15 is 0 Å². The Labute approximate surface area is 89.5 Å². The molecule has 3 atom stereocenters. The summed E-state index contributed by atoms with van der Waals surface area (Å²) >= 11 is 0. The lowest BCUT2D eigenvalue weighted by Gasteiger charge is -2.51. The second-order valence-corrected chi connectivity index (χ2v) is 4.62. The molecule has 1 N–H and O–H groups in total. The summed E-state index contributed by atoms with van der Waals surface area (Å²) in [4.78, 5) is 13.3. The molecule has 3 saturated heterocycles. The van der Waals surface area contributed by atoms with Gasteiger partial charge < -0.3 is 9.84 Å². The van der Waals surface area contributed by atoms with Gasteiger partial charge in [-0.05, 0) is 31.3 Å². The molecule has 3 aliphatic rings. The van der Waals surface area contributed by atoms with Gasteiger partial charge in [0.25, 0.3) is 0 Å². The Hall–Kier alpha value is -1.03. The Kier molecular flexibility index (Phi) is 2.46. The van der Waals surface area contributed by atoms with Crippen molar-refractivity contribution in [2.24, 2.45) is 5.92 Å². The first-order valence-electron chi connectivity index (χ1n) is 5.28. The molecular weight excluding hydrogens is 194 g/mol. The van der Waals surface area contributed by atoms with Crippen molar-refractivity contribution in [3.63, 3.8) is 0 Å². The van der Waals surface area contributed by atoms with E-state index in [9.17, 15) is 9.90 Å². The maximum absolute atomic E-state index is 11.2. The van der Waals surface area contributed by atoms with Crippen LogP contribution in [-0.2, 0) is 9.53 Å². The molecule has 3 fully saturated rings. The number of fused-ring (bicyclic) bond motifs is 3. The Morgan fingerprint density at radius 3 is 2.93 bits per heavy atom. The predicted octanol–water partition coefficient (Wildman–Crippen LogP) is 1.09. The topological polar surface area (TPSA) is 49.8 Å². The molecule has 0 aliphatic carbocycles. The largest absolute Gasteiger partial charge is 0.504 e. The Balaban J connectivity index is 2.22. The molecular formula is C11H17NO3. The number of hydrogen-bond acceptors (Lipinski definition) is 3. The van der Waals surface area contributed by atoms with Crippen LogP contribution >= 0.6 is 0 Å². The van der Waals surface area contributed by atoms with Crippen LogP contribution in [0.2, 0.25) is 0 Å². The number of rotatable bonds is 2. The van der Waals surface area contributed by atoms with Crippen LogP contribution in [0, 0.1) is 5.92 Å². The van der Waals surface area contributed by atoms with Crippen molar-refractivity contribution in [2.45, 2.75) is 25.3 Å². The molecule has 4 nitrogen and oxygen atoms in total. The average molecular weight is 211 g/mol. The molecule has 2 bridgehead atoms. The van der Waals surface area contributed by atoms with E-state index in [-0.39, 0.29) is 0 Å². The van der Waals surface area contributed by atoms with Gasteiger partial charge in [0.15, 0.2) is 0 Å². The average Bonchev–Trinajstić information content (AvgIpc) is 2.20. The monoisotopic (exact) mass is 211 g/mol. The number of aliphatic carboxylic acids is 1. The minimum atomic E-state index is -0.705. The molecule has 3 aliphatic heterocycles. The number of piperidine rings is 3. The maximum atomic E-state index is 11.2. The van der Waals surface area contributed by atoms with E-state index < -0.39 is 11.5 Å². The van der Waals surface area contributed by atoms with Gasteiger partial charge in [0.05, 0.1) is 13.4 Å². The van der Waals surface area contributed by atoms with Crippen molar-refractivity contribution in [3.8, 4) is 0 Å². The fourth-order valence-corrected chi connectivity index (χ4v) is 2.70. The lowest BCUT2D eigenvalue weighted by molar-refractivity contribution is -0.155. The van der Waals surface area contributed by atoms with Crippen molar-refractivity contribution in [2.75, 3.05) is 20.2 Å². The standard InChI is InChI=1S/C11H17NO3/c1-11(10(13)14)5-8-3-4-12(11)6-9(8)7-15-2/h7-8H,3-6H2,1-2H3,(H,13,14)/b9-7-. The Bertz CT molecular complexity index is 313. The number of carboxylic acid groups (broad SMARTS) is 1. The molecule has 0 saturated carbocycles. The zero-order chi connectivity index (χ0) is 11.1.